The zero-order valence-corrected chi connectivity index (χ0v) is 50.6. The van der Waals surface area contributed by atoms with Gasteiger partial charge in [-0.25, -0.2) is 0 Å². The molecule has 0 N–H and O–H groups in total. The lowest BCUT2D eigenvalue weighted by molar-refractivity contribution is -0.167. The van der Waals surface area contributed by atoms with Crippen LogP contribution in [0, 0.1) is 0 Å². The van der Waals surface area contributed by atoms with E-state index in [2.05, 4.69) is 154 Å². The van der Waals surface area contributed by atoms with Crippen LogP contribution in [-0.2, 0) is 28.6 Å². The van der Waals surface area contributed by atoms with Crippen molar-refractivity contribution in [3.8, 4) is 0 Å². The second kappa shape index (κ2) is 65.1. The first-order valence-electron chi connectivity index (χ1n) is 32.2. The molecule has 0 spiro atoms. The van der Waals surface area contributed by atoms with Crippen LogP contribution in [-0.4, -0.2) is 37.2 Å². The molecule has 0 aliphatic heterocycles. The number of ether oxygens (including phenoxy) is 3. The van der Waals surface area contributed by atoms with E-state index in [1.165, 1.54) is 96.3 Å². The Morgan fingerprint density at radius 1 is 0.269 bits per heavy atom. The highest BCUT2D eigenvalue weighted by Crippen LogP contribution is 2.15. The third-order valence-corrected chi connectivity index (χ3v) is 13.4. The third-order valence-electron chi connectivity index (χ3n) is 13.4. The molecule has 6 nitrogen and oxygen atoms in total. The lowest BCUT2D eigenvalue weighted by atomic mass is 10.1. The van der Waals surface area contributed by atoms with Crippen molar-refractivity contribution in [1.29, 1.82) is 0 Å². The van der Waals surface area contributed by atoms with Gasteiger partial charge in [-0.2, -0.15) is 0 Å². The lowest BCUT2D eigenvalue weighted by Crippen LogP contribution is -2.30. The van der Waals surface area contributed by atoms with Crippen LogP contribution in [0.5, 0.6) is 0 Å². The molecule has 0 amide bonds. The molecule has 1 atom stereocenters. The first-order chi connectivity index (χ1) is 38.5. The molecule has 0 aliphatic carbocycles. The Morgan fingerprint density at radius 3 is 0.795 bits per heavy atom. The van der Waals surface area contributed by atoms with Crippen LogP contribution in [0.25, 0.3) is 0 Å². The van der Waals surface area contributed by atoms with Gasteiger partial charge in [-0.05, 0) is 135 Å². The zero-order chi connectivity index (χ0) is 56.4. The van der Waals surface area contributed by atoms with Gasteiger partial charge in [0.05, 0.1) is 0 Å². The Bertz CT molecular complexity index is 1670. The standard InChI is InChI=1S/C72H118O6/c1-4-7-10-13-16-19-22-25-27-29-31-32-33-34-35-36-37-38-39-40-42-43-45-47-50-53-56-59-62-65-71(74)77-68-69(67-76-70(73)64-61-58-55-52-49-24-21-18-15-12-9-6-3)78-72(75)66-63-60-57-54-51-48-46-44-41-30-28-26-23-20-17-14-11-8-5-2/h7-8,10-11,16-21,25-28,31-32,34-35,37-38,41,44,69H,4-6,9,12-15,22-24,29-30,33,36,39-40,42-43,45-68H2,1-3H3/b10-7-,11-8-,19-16-,20-17-,21-18-,27-25-,28-26-,32-31-,35-34-,38-37-,44-41-. The molecule has 0 aromatic carbocycles. The SMILES string of the molecule is CC/C=C\C/C=C\C/C=C\C/C=C\C/C=C\C/C=C\CCCCCCCCCCCCC(=O)OCC(COC(=O)CCCCCCC/C=C\CCCCC)OC(=O)CCCCCCCC/C=C\C/C=C\C/C=C\C/C=C\CC. The van der Waals surface area contributed by atoms with Gasteiger partial charge in [0.25, 0.3) is 0 Å². The van der Waals surface area contributed by atoms with Crippen molar-refractivity contribution in [3.63, 3.8) is 0 Å². The summed E-state index contributed by atoms with van der Waals surface area (Å²) in [6, 6.07) is 0. The minimum absolute atomic E-state index is 0.0917. The number of carbonyl (C=O) groups excluding carboxylic acids is 3. The van der Waals surface area contributed by atoms with E-state index in [1.807, 2.05) is 0 Å². The van der Waals surface area contributed by atoms with Gasteiger partial charge in [0.15, 0.2) is 6.10 Å². The van der Waals surface area contributed by atoms with Gasteiger partial charge in [0.1, 0.15) is 13.2 Å². The van der Waals surface area contributed by atoms with Crippen molar-refractivity contribution >= 4 is 17.9 Å². The molecular weight excluding hydrogens is 961 g/mol. The number of esters is 3. The van der Waals surface area contributed by atoms with E-state index in [4.69, 9.17) is 14.2 Å². The first kappa shape index (κ1) is 73.5. The van der Waals surface area contributed by atoms with Crippen molar-refractivity contribution in [2.75, 3.05) is 13.2 Å². The summed E-state index contributed by atoms with van der Waals surface area (Å²) in [7, 11) is 0. The third kappa shape index (κ3) is 62.4. The number of hydrogen-bond acceptors (Lipinski definition) is 6. The van der Waals surface area contributed by atoms with Gasteiger partial charge in [-0.3, -0.25) is 14.4 Å². The Kier molecular flexibility index (Phi) is 61.4. The van der Waals surface area contributed by atoms with Crippen LogP contribution in [0.4, 0.5) is 0 Å². The fourth-order valence-corrected chi connectivity index (χ4v) is 8.61. The van der Waals surface area contributed by atoms with E-state index >= 15 is 0 Å². The van der Waals surface area contributed by atoms with E-state index in [9.17, 15) is 14.4 Å². The quantitative estimate of drug-likeness (QED) is 0.0261. The largest absolute Gasteiger partial charge is 0.462 e. The maximum atomic E-state index is 12.9. The van der Waals surface area contributed by atoms with Crippen molar-refractivity contribution in [2.45, 2.75) is 290 Å². The average molecular weight is 1080 g/mol. The highest BCUT2D eigenvalue weighted by Gasteiger charge is 2.19. The van der Waals surface area contributed by atoms with Crippen LogP contribution in [0.2, 0.25) is 0 Å². The van der Waals surface area contributed by atoms with Gasteiger partial charge < -0.3 is 14.2 Å². The Morgan fingerprint density at radius 2 is 0.500 bits per heavy atom. The zero-order valence-electron chi connectivity index (χ0n) is 50.6. The van der Waals surface area contributed by atoms with Crippen LogP contribution in [0.1, 0.15) is 284 Å². The average Bonchev–Trinajstić information content (AvgIpc) is 3.44. The summed E-state index contributed by atoms with van der Waals surface area (Å²) < 4.78 is 16.9. The van der Waals surface area contributed by atoms with Crippen molar-refractivity contribution in [2.24, 2.45) is 0 Å². The van der Waals surface area contributed by atoms with Gasteiger partial charge in [0.2, 0.25) is 0 Å². The van der Waals surface area contributed by atoms with Gasteiger partial charge in [-0.1, -0.05) is 264 Å². The van der Waals surface area contributed by atoms with E-state index in [-0.39, 0.29) is 31.1 Å². The van der Waals surface area contributed by atoms with Crippen molar-refractivity contribution < 1.29 is 28.6 Å². The lowest BCUT2D eigenvalue weighted by Gasteiger charge is -2.18. The Labute approximate surface area is 481 Å². The van der Waals surface area contributed by atoms with Crippen LogP contribution in [0.15, 0.2) is 134 Å². The van der Waals surface area contributed by atoms with Gasteiger partial charge in [0, 0.05) is 19.3 Å². The minimum Gasteiger partial charge on any atom is -0.462 e. The maximum Gasteiger partial charge on any atom is 0.306 e. The summed E-state index contributed by atoms with van der Waals surface area (Å²) in [5.41, 5.74) is 0. The summed E-state index contributed by atoms with van der Waals surface area (Å²) >= 11 is 0. The normalized spacial score (nSPS) is 13.0. The molecule has 0 rings (SSSR count). The molecule has 1 unspecified atom stereocenters. The van der Waals surface area contributed by atoms with Crippen LogP contribution >= 0.6 is 0 Å². The maximum absolute atomic E-state index is 12.9. The second-order valence-electron chi connectivity index (χ2n) is 20.9. The topological polar surface area (TPSA) is 78.9 Å². The molecule has 0 bridgehead atoms. The van der Waals surface area contributed by atoms with E-state index in [0.717, 1.165) is 148 Å². The second-order valence-corrected chi connectivity index (χ2v) is 20.9. The molecule has 0 aromatic heterocycles. The van der Waals surface area contributed by atoms with Crippen LogP contribution < -0.4 is 0 Å². The van der Waals surface area contributed by atoms with Gasteiger partial charge in [-0.15, -0.1) is 0 Å². The summed E-state index contributed by atoms with van der Waals surface area (Å²) in [6.07, 6.45) is 91.7. The van der Waals surface area contributed by atoms with Crippen molar-refractivity contribution in [3.05, 3.63) is 134 Å². The smallest absolute Gasteiger partial charge is 0.306 e. The molecule has 442 valence electrons. The number of carbonyl (C=O) groups is 3. The molecule has 0 saturated heterocycles. The fraction of sp³-hybridized carbons (Fsp3) is 0.653. The van der Waals surface area contributed by atoms with E-state index < -0.39 is 6.10 Å². The number of unbranched alkanes of at least 4 members (excludes halogenated alkanes) is 24. The summed E-state index contributed by atoms with van der Waals surface area (Å²) in [4.78, 5) is 38.3. The molecular formula is C72H118O6. The number of allylic oxidation sites excluding steroid dienone is 22. The highest BCUT2D eigenvalue weighted by molar-refractivity contribution is 5.71. The predicted molar refractivity (Wildman–Crippen MR) is 339 cm³/mol. The molecule has 0 radical (unpaired) electrons. The Balaban J connectivity index is 4.32. The first-order valence-corrected chi connectivity index (χ1v) is 32.2. The number of hydrogen-bond donors (Lipinski definition) is 0. The number of rotatable bonds is 57. The summed E-state index contributed by atoms with van der Waals surface area (Å²) in [5, 5.41) is 0. The molecule has 78 heavy (non-hydrogen) atoms. The van der Waals surface area contributed by atoms with Crippen LogP contribution in [0.3, 0.4) is 0 Å². The fourth-order valence-electron chi connectivity index (χ4n) is 8.61. The monoisotopic (exact) mass is 1080 g/mol. The molecule has 0 aromatic rings. The predicted octanol–water partition coefficient (Wildman–Crippen LogP) is 22.2. The molecule has 0 saturated carbocycles. The highest BCUT2D eigenvalue weighted by atomic mass is 16.6. The molecule has 0 aliphatic rings. The van der Waals surface area contributed by atoms with E-state index in [1.54, 1.807) is 0 Å². The van der Waals surface area contributed by atoms with E-state index in [0.29, 0.717) is 19.3 Å². The minimum atomic E-state index is -0.796. The van der Waals surface area contributed by atoms with Gasteiger partial charge >= 0.3 is 17.9 Å². The summed E-state index contributed by atoms with van der Waals surface area (Å²) in [6.45, 7) is 6.37. The van der Waals surface area contributed by atoms with Crippen molar-refractivity contribution in [1.82, 2.24) is 0 Å². The molecule has 0 fully saturated rings. The molecule has 6 heteroatoms. The summed E-state index contributed by atoms with van der Waals surface area (Å²) in [5.74, 6) is -0.917. The Hall–Kier alpha value is -4.45. The molecule has 0 heterocycles.